The average molecular weight is 258 g/mol. The highest BCUT2D eigenvalue weighted by Gasteiger charge is 2.09. The van der Waals surface area contributed by atoms with Crippen LogP contribution in [-0.4, -0.2) is 11.7 Å². The number of aliphatic hydroxyl groups excluding tert-OH is 1. The van der Waals surface area contributed by atoms with Crippen molar-refractivity contribution >= 4 is 11.3 Å². The van der Waals surface area contributed by atoms with Gasteiger partial charge in [-0.1, -0.05) is 30.3 Å². The molecule has 0 saturated heterocycles. The first kappa shape index (κ1) is 12.8. The predicted octanol–water partition coefficient (Wildman–Crippen LogP) is 2.44. The number of benzene rings is 1. The number of thiophene rings is 1. The van der Waals surface area contributed by atoms with Gasteiger partial charge in [-0.25, -0.2) is 0 Å². The molecule has 0 fully saturated rings. The van der Waals surface area contributed by atoms with E-state index in [2.05, 4.69) is 11.4 Å². The Morgan fingerprint density at radius 2 is 2.00 bits per heavy atom. The van der Waals surface area contributed by atoms with Gasteiger partial charge in [-0.3, -0.25) is 0 Å². The number of nitrogens with one attached hydrogen (secondary N) is 1. The van der Waals surface area contributed by atoms with Crippen LogP contribution in [0.1, 0.15) is 21.4 Å². The summed E-state index contributed by atoms with van der Waals surface area (Å²) in [7, 11) is 0. The summed E-state index contributed by atoms with van der Waals surface area (Å²) in [6, 6.07) is 15.7. The van der Waals surface area contributed by atoms with E-state index in [9.17, 15) is 5.11 Å². The summed E-state index contributed by atoms with van der Waals surface area (Å²) in [5.74, 6) is 0. The Hall–Kier alpha value is -1.67. The predicted molar refractivity (Wildman–Crippen MR) is 72.1 cm³/mol. The van der Waals surface area contributed by atoms with E-state index >= 15 is 0 Å². The Labute approximate surface area is 110 Å². The molecule has 18 heavy (non-hydrogen) atoms. The van der Waals surface area contributed by atoms with Gasteiger partial charge in [0.05, 0.1) is 12.6 Å². The second kappa shape index (κ2) is 6.31. The second-order valence-corrected chi connectivity index (χ2v) is 5.07. The third kappa shape index (κ3) is 3.17. The van der Waals surface area contributed by atoms with Crippen molar-refractivity contribution in [3.8, 4) is 6.07 Å². The molecule has 0 amide bonds. The molecule has 0 aliphatic rings. The fraction of sp³-hybridized carbons (Fsp3) is 0.214. The molecule has 0 unspecified atom stereocenters. The minimum absolute atomic E-state index is 0.0560. The van der Waals surface area contributed by atoms with Crippen molar-refractivity contribution in [2.24, 2.45) is 0 Å². The molecule has 2 aromatic rings. The van der Waals surface area contributed by atoms with Crippen molar-refractivity contribution in [1.82, 2.24) is 5.32 Å². The summed E-state index contributed by atoms with van der Waals surface area (Å²) in [5.41, 5.74) is 1.07. The highest BCUT2D eigenvalue weighted by molar-refractivity contribution is 7.12. The van der Waals surface area contributed by atoms with E-state index in [-0.39, 0.29) is 12.6 Å². The van der Waals surface area contributed by atoms with Crippen molar-refractivity contribution in [2.45, 2.75) is 12.6 Å². The zero-order valence-electron chi connectivity index (χ0n) is 9.84. The Kier molecular flexibility index (Phi) is 4.48. The number of hydrogen-bond acceptors (Lipinski definition) is 4. The van der Waals surface area contributed by atoms with Crippen molar-refractivity contribution in [3.63, 3.8) is 0 Å². The summed E-state index contributed by atoms with van der Waals surface area (Å²) >= 11 is 1.48. The molecule has 0 spiro atoms. The zero-order chi connectivity index (χ0) is 12.8. The third-order valence-electron chi connectivity index (χ3n) is 2.68. The van der Waals surface area contributed by atoms with E-state index in [1.807, 2.05) is 42.5 Å². The molecule has 0 aliphatic carbocycles. The van der Waals surface area contributed by atoms with Gasteiger partial charge in [0.25, 0.3) is 0 Å². The van der Waals surface area contributed by atoms with Crippen molar-refractivity contribution in [2.75, 3.05) is 6.61 Å². The molecular formula is C14H14N2OS. The molecule has 1 aromatic carbocycles. The minimum Gasteiger partial charge on any atom is -0.394 e. The lowest BCUT2D eigenvalue weighted by Gasteiger charge is -2.15. The molecule has 4 heteroatoms. The van der Waals surface area contributed by atoms with Gasteiger partial charge in [0.15, 0.2) is 0 Å². The molecule has 0 radical (unpaired) electrons. The van der Waals surface area contributed by atoms with Crippen LogP contribution in [0.2, 0.25) is 0 Å². The maximum Gasteiger partial charge on any atom is 0.110 e. The lowest BCUT2D eigenvalue weighted by molar-refractivity contribution is 0.244. The quantitative estimate of drug-likeness (QED) is 0.866. The van der Waals surface area contributed by atoms with Gasteiger partial charge in [0.1, 0.15) is 10.9 Å². The highest BCUT2D eigenvalue weighted by atomic mass is 32.1. The molecule has 0 aliphatic heterocycles. The maximum absolute atomic E-state index is 9.40. The molecule has 1 heterocycles. The molecule has 0 bridgehead atoms. The average Bonchev–Trinajstić information content (AvgIpc) is 2.89. The van der Waals surface area contributed by atoms with Gasteiger partial charge >= 0.3 is 0 Å². The second-order valence-electron chi connectivity index (χ2n) is 3.90. The Balaban J connectivity index is 1.98. The monoisotopic (exact) mass is 258 g/mol. The molecule has 92 valence electrons. The maximum atomic E-state index is 9.40. The summed E-state index contributed by atoms with van der Waals surface area (Å²) in [6.45, 7) is 0.715. The summed E-state index contributed by atoms with van der Waals surface area (Å²) < 4.78 is 0. The first-order chi connectivity index (χ1) is 8.83. The molecule has 0 saturated carbocycles. The van der Waals surface area contributed by atoms with Crippen LogP contribution in [0.3, 0.4) is 0 Å². The third-order valence-corrected chi connectivity index (χ3v) is 3.67. The van der Waals surface area contributed by atoms with Gasteiger partial charge in [-0.15, -0.1) is 11.3 Å². The van der Waals surface area contributed by atoms with Crippen LogP contribution in [0, 0.1) is 11.3 Å². The van der Waals surface area contributed by atoms with E-state index < -0.39 is 0 Å². The van der Waals surface area contributed by atoms with Crippen LogP contribution in [0.4, 0.5) is 0 Å². The Morgan fingerprint density at radius 1 is 1.22 bits per heavy atom. The summed E-state index contributed by atoms with van der Waals surface area (Å²) in [5, 5.41) is 21.4. The Morgan fingerprint density at radius 3 is 2.61 bits per heavy atom. The number of nitriles is 1. The number of hydrogen-bond donors (Lipinski definition) is 2. The highest BCUT2D eigenvalue weighted by Crippen LogP contribution is 2.17. The van der Waals surface area contributed by atoms with E-state index in [1.165, 1.54) is 11.3 Å². The summed E-state index contributed by atoms with van der Waals surface area (Å²) in [4.78, 5) is 1.81. The Bertz CT molecular complexity index is 530. The lowest BCUT2D eigenvalue weighted by atomic mass is 10.1. The van der Waals surface area contributed by atoms with E-state index in [0.717, 1.165) is 10.4 Å². The SMILES string of the molecule is N#Cc1ccc(CN[C@H](CO)c2ccccc2)s1. The standard InChI is InChI=1S/C14H14N2OS/c15-8-12-6-7-13(18-12)9-16-14(10-17)11-4-2-1-3-5-11/h1-7,14,16-17H,9-10H2/t14-/m1/s1. The minimum atomic E-state index is -0.0705. The van der Waals surface area contributed by atoms with E-state index in [0.29, 0.717) is 11.4 Å². The fourth-order valence-electron chi connectivity index (χ4n) is 1.73. The van der Waals surface area contributed by atoms with E-state index in [1.54, 1.807) is 0 Å². The lowest BCUT2D eigenvalue weighted by Crippen LogP contribution is -2.23. The molecule has 3 nitrogen and oxygen atoms in total. The van der Waals surface area contributed by atoms with E-state index in [4.69, 9.17) is 5.26 Å². The first-order valence-electron chi connectivity index (χ1n) is 5.71. The topological polar surface area (TPSA) is 56.0 Å². The van der Waals surface area contributed by atoms with Gasteiger partial charge in [0, 0.05) is 11.4 Å². The smallest absolute Gasteiger partial charge is 0.110 e. The fourth-order valence-corrected chi connectivity index (χ4v) is 2.49. The largest absolute Gasteiger partial charge is 0.394 e. The zero-order valence-corrected chi connectivity index (χ0v) is 10.7. The van der Waals surface area contributed by atoms with Gasteiger partial charge < -0.3 is 10.4 Å². The van der Waals surface area contributed by atoms with Gasteiger partial charge in [-0.2, -0.15) is 5.26 Å². The van der Waals surface area contributed by atoms with Crippen LogP contribution in [0.5, 0.6) is 0 Å². The van der Waals surface area contributed by atoms with Crippen LogP contribution in [0.25, 0.3) is 0 Å². The number of aliphatic hydroxyl groups is 1. The molecule has 1 atom stereocenters. The first-order valence-corrected chi connectivity index (χ1v) is 6.53. The van der Waals surface area contributed by atoms with Gasteiger partial charge in [0.2, 0.25) is 0 Å². The number of nitrogens with zero attached hydrogens (tertiary/aromatic N) is 1. The van der Waals surface area contributed by atoms with Crippen LogP contribution >= 0.6 is 11.3 Å². The van der Waals surface area contributed by atoms with Crippen LogP contribution in [-0.2, 0) is 6.54 Å². The summed E-state index contributed by atoms with van der Waals surface area (Å²) in [6.07, 6.45) is 0. The number of rotatable bonds is 5. The normalized spacial score (nSPS) is 12.0. The molecule has 2 rings (SSSR count). The van der Waals surface area contributed by atoms with Crippen molar-refractivity contribution in [3.05, 3.63) is 57.8 Å². The molecule has 1 aromatic heterocycles. The van der Waals surface area contributed by atoms with Crippen LogP contribution < -0.4 is 5.32 Å². The van der Waals surface area contributed by atoms with Gasteiger partial charge in [-0.05, 0) is 17.7 Å². The molecule has 2 N–H and O–H groups in total. The van der Waals surface area contributed by atoms with Crippen LogP contribution in [0.15, 0.2) is 42.5 Å². The van der Waals surface area contributed by atoms with Crippen molar-refractivity contribution in [1.29, 1.82) is 5.26 Å². The molecular weight excluding hydrogens is 244 g/mol. The van der Waals surface area contributed by atoms with Crippen molar-refractivity contribution < 1.29 is 5.11 Å².